The van der Waals surface area contributed by atoms with Crippen LogP contribution in [0, 0.1) is 12.8 Å². The van der Waals surface area contributed by atoms with Crippen molar-refractivity contribution in [1.82, 2.24) is 10.2 Å². The van der Waals surface area contributed by atoms with Crippen molar-refractivity contribution in [1.29, 1.82) is 0 Å². The molecule has 3 amide bonds. The normalized spacial score (nSPS) is 14.4. The smallest absolute Gasteiger partial charge is 0.319 e. The minimum Gasteiger partial charge on any atom is -0.455 e. The molecular weight excluding hydrogens is 390 g/mol. The van der Waals surface area contributed by atoms with Gasteiger partial charge in [0.1, 0.15) is 5.75 Å². The number of nitrogens with zero attached hydrogens (tertiary/aromatic N) is 1. The number of hydrogen-bond donors (Lipinski definition) is 2. The molecule has 6 nitrogen and oxygen atoms in total. The number of piperidine rings is 1. The van der Waals surface area contributed by atoms with E-state index in [1.807, 2.05) is 60.4 Å². The molecule has 0 spiro atoms. The summed E-state index contributed by atoms with van der Waals surface area (Å²) in [7, 11) is 0. The number of carbonyl (C=O) groups excluding carboxylic acids is 2. The van der Waals surface area contributed by atoms with Crippen molar-refractivity contribution in [3.8, 4) is 11.5 Å². The van der Waals surface area contributed by atoms with Crippen molar-refractivity contribution >= 4 is 17.6 Å². The van der Waals surface area contributed by atoms with Gasteiger partial charge in [-0.2, -0.15) is 0 Å². The van der Waals surface area contributed by atoms with Crippen LogP contribution < -0.4 is 15.4 Å². The number of carbonyl (C=O) groups is 2. The topological polar surface area (TPSA) is 70.7 Å². The molecule has 2 aromatic rings. The number of anilines is 1. The van der Waals surface area contributed by atoms with Crippen molar-refractivity contribution in [2.75, 3.05) is 18.4 Å². The SMILES string of the molecule is CCC(CC)C(=O)N1CCC(NC(=O)Nc2ccccc2Oc2cccc(C)c2)CC1. The number of nitrogens with one attached hydrogen (secondary N) is 2. The summed E-state index contributed by atoms with van der Waals surface area (Å²) < 4.78 is 5.98. The van der Waals surface area contributed by atoms with E-state index in [0.717, 1.165) is 37.0 Å². The summed E-state index contributed by atoms with van der Waals surface area (Å²) in [6.07, 6.45) is 3.28. The lowest BCUT2D eigenvalue weighted by Crippen LogP contribution is -2.48. The highest BCUT2D eigenvalue weighted by Gasteiger charge is 2.27. The van der Waals surface area contributed by atoms with Crippen LogP contribution in [0.2, 0.25) is 0 Å². The van der Waals surface area contributed by atoms with E-state index in [-0.39, 0.29) is 23.9 Å². The third-order valence-corrected chi connectivity index (χ3v) is 5.83. The van der Waals surface area contributed by atoms with E-state index in [0.29, 0.717) is 24.5 Å². The zero-order valence-corrected chi connectivity index (χ0v) is 18.7. The Hall–Kier alpha value is -3.02. The third kappa shape index (κ3) is 6.23. The lowest BCUT2D eigenvalue weighted by atomic mass is 9.98. The molecule has 1 fully saturated rings. The second-order valence-electron chi connectivity index (χ2n) is 8.13. The third-order valence-electron chi connectivity index (χ3n) is 5.83. The van der Waals surface area contributed by atoms with Gasteiger partial charge in [0.15, 0.2) is 5.75 Å². The van der Waals surface area contributed by atoms with Gasteiger partial charge in [-0.1, -0.05) is 38.1 Å². The molecule has 1 saturated heterocycles. The molecule has 0 atom stereocenters. The van der Waals surface area contributed by atoms with Crippen LogP contribution in [0.4, 0.5) is 10.5 Å². The Balaban J connectivity index is 1.53. The average Bonchev–Trinajstić information content (AvgIpc) is 2.76. The van der Waals surface area contributed by atoms with Crippen LogP contribution in [0.15, 0.2) is 48.5 Å². The molecule has 1 aliphatic rings. The Morgan fingerprint density at radius 1 is 1.06 bits per heavy atom. The molecule has 0 unspecified atom stereocenters. The summed E-state index contributed by atoms with van der Waals surface area (Å²) in [5.41, 5.74) is 1.72. The van der Waals surface area contributed by atoms with Gasteiger partial charge >= 0.3 is 6.03 Å². The van der Waals surface area contributed by atoms with Gasteiger partial charge in [0.05, 0.1) is 5.69 Å². The highest BCUT2D eigenvalue weighted by Crippen LogP contribution is 2.29. The molecule has 2 N–H and O–H groups in total. The number of urea groups is 1. The Morgan fingerprint density at radius 2 is 1.77 bits per heavy atom. The fourth-order valence-corrected chi connectivity index (χ4v) is 3.95. The number of benzene rings is 2. The van der Waals surface area contributed by atoms with Gasteiger partial charge in [0.25, 0.3) is 0 Å². The lowest BCUT2D eigenvalue weighted by molar-refractivity contribution is -0.136. The van der Waals surface area contributed by atoms with Gasteiger partial charge in [-0.15, -0.1) is 0 Å². The van der Waals surface area contributed by atoms with Crippen LogP contribution in [0.1, 0.15) is 45.1 Å². The predicted octanol–water partition coefficient (Wildman–Crippen LogP) is 5.34. The van der Waals surface area contributed by atoms with Gasteiger partial charge in [-0.25, -0.2) is 4.79 Å². The molecular formula is C25H33N3O3. The zero-order valence-electron chi connectivity index (χ0n) is 18.7. The predicted molar refractivity (Wildman–Crippen MR) is 124 cm³/mol. The number of hydrogen-bond acceptors (Lipinski definition) is 3. The van der Waals surface area contributed by atoms with Crippen molar-refractivity contribution in [3.05, 3.63) is 54.1 Å². The number of rotatable bonds is 7. The van der Waals surface area contributed by atoms with Crippen molar-refractivity contribution in [3.63, 3.8) is 0 Å². The largest absolute Gasteiger partial charge is 0.455 e. The molecule has 1 aliphatic heterocycles. The Kier molecular flexibility index (Phi) is 7.93. The van der Waals surface area contributed by atoms with Crippen LogP contribution in [-0.2, 0) is 4.79 Å². The first kappa shape index (κ1) is 22.7. The van der Waals surface area contributed by atoms with E-state index >= 15 is 0 Å². The fourth-order valence-electron chi connectivity index (χ4n) is 3.95. The summed E-state index contributed by atoms with van der Waals surface area (Å²) in [4.78, 5) is 27.1. The van der Waals surface area contributed by atoms with Crippen LogP contribution in [0.5, 0.6) is 11.5 Å². The molecule has 3 rings (SSSR count). The highest BCUT2D eigenvalue weighted by molar-refractivity contribution is 5.91. The minimum atomic E-state index is -0.259. The van der Waals surface area contributed by atoms with E-state index in [4.69, 9.17) is 4.74 Å². The lowest BCUT2D eigenvalue weighted by Gasteiger charge is -2.34. The van der Waals surface area contributed by atoms with Gasteiger partial charge in [-0.05, 0) is 62.4 Å². The summed E-state index contributed by atoms with van der Waals surface area (Å²) >= 11 is 0. The van der Waals surface area contributed by atoms with E-state index < -0.39 is 0 Å². The fraction of sp³-hybridized carbons (Fsp3) is 0.440. The van der Waals surface area contributed by atoms with Crippen LogP contribution >= 0.6 is 0 Å². The van der Waals surface area contributed by atoms with E-state index in [9.17, 15) is 9.59 Å². The number of likely N-dealkylation sites (tertiary alicyclic amines) is 1. The molecule has 0 radical (unpaired) electrons. The van der Waals surface area contributed by atoms with Crippen molar-refractivity contribution in [2.45, 2.75) is 52.5 Å². The quantitative estimate of drug-likeness (QED) is 0.632. The first-order valence-electron chi connectivity index (χ1n) is 11.2. The Labute approximate surface area is 185 Å². The van der Waals surface area contributed by atoms with Crippen LogP contribution in [0.3, 0.4) is 0 Å². The average molecular weight is 424 g/mol. The zero-order chi connectivity index (χ0) is 22.2. The molecule has 0 saturated carbocycles. The molecule has 2 aromatic carbocycles. The molecule has 1 heterocycles. The molecule has 6 heteroatoms. The van der Waals surface area contributed by atoms with Gasteiger partial charge in [0.2, 0.25) is 5.91 Å². The van der Waals surface area contributed by atoms with E-state index in [2.05, 4.69) is 24.5 Å². The summed E-state index contributed by atoms with van der Waals surface area (Å²) in [5, 5.41) is 5.95. The van der Waals surface area contributed by atoms with E-state index in [1.54, 1.807) is 0 Å². The monoisotopic (exact) mass is 423 g/mol. The number of aryl methyl sites for hydroxylation is 1. The van der Waals surface area contributed by atoms with Crippen LogP contribution in [0.25, 0.3) is 0 Å². The summed E-state index contributed by atoms with van der Waals surface area (Å²) in [6, 6.07) is 15.0. The van der Waals surface area contributed by atoms with Gasteiger partial charge < -0.3 is 20.3 Å². The van der Waals surface area contributed by atoms with Crippen molar-refractivity contribution < 1.29 is 14.3 Å². The second kappa shape index (κ2) is 10.8. The second-order valence-corrected chi connectivity index (χ2v) is 8.13. The molecule has 0 aromatic heterocycles. The Morgan fingerprint density at radius 3 is 2.45 bits per heavy atom. The molecule has 0 aliphatic carbocycles. The first-order valence-corrected chi connectivity index (χ1v) is 11.2. The van der Waals surface area contributed by atoms with E-state index in [1.165, 1.54) is 0 Å². The molecule has 166 valence electrons. The molecule has 0 bridgehead atoms. The standard InChI is InChI=1S/C25H33N3O3/c1-4-19(5-2)24(29)28-15-13-20(14-16-28)26-25(30)27-22-11-6-7-12-23(22)31-21-10-8-9-18(3)17-21/h6-12,17,19-20H,4-5,13-16H2,1-3H3,(H2,26,27,30). The summed E-state index contributed by atoms with van der Waals surface area (Å²) in [6.45, 7) is 7.51. The van der Waals surface area contributed by atoms with Crippen LogP contribution in [-0.4, -0.2) is 36.0 Å². The maximum absolute atomic E-state index is 12.6. The number of ether oxygens (including phenoxy) is 1. The number of para-hydroxylation sites is 2. The maximum Gasteiger partial charge on any atom is 0.319 e. The Bertz CT molecular complexity index is 887. The first-order chi connectivity index (χ1) is 15.0. The van der Waals surface area contributed by atoms with Gasteiger partial charge in [-0.3, -0.25) is 4.79 Å². The maximum atomic E-state index is 12.6. The number of amides is 3. The molecule has 31 heavy (non-hydrogen) atoms. The van der Waals surface area contributed by atoms with Gasteiger partial charge in [0, 0.05) is 25.0 Å². The summed E-state index contributed by atoms with van der Waals surface area (Å²) in [5.74, 6) is 1.67. The van der Waals surface area contributed by atoms with Crippen molar-refractivity contribution in [2.24, 2.45) is 5.92 Å². The highest BCUT2D eigenvalue weighted by atomic mass is 16.5. The minimum absolute atomic E-state index is 0.0515.